The molecule has 0 aliphatic carbocycles. The zero-order valence-electron chi connectivity index (χ0n) is 10.5. The summed E-state index contributed by atoms with van der Waals surface area (Å²) in [6.45, 7) is 6.38. The topological polar surface area (TPSA) is 21.3 Å². The molecule has 1 aliphatic heterocycles. The number of hydrogen-bond donors (Lipinski definition) is 1. The Hall–Kier alpha value is -0.930. The zero-order valence-corrected chi connectivity index (χ0v) is 10.5. The van der Waals surface area contributed by atoms with Gasteiger partial charge in [0.15, 0.2) is 0 Å². The lowest BCUT2D eigenvalue weighted by molar-refractivity contribution is 0.178. The molecule has 3 heteroatoms. The van der Waals surface area contributed by atoms with E-state index in [0.29, 0.717) is 17.5 Å². The second kappa shape index (κ2) is 5.61. The molecule has 1 fully saturated rings. The van der Waals surface area contributed by atoms with E-state index in [1.165, 1.54) is 0 Å². The van der Waals surface area contributed by atoms with Crippen molar-refractivity contribution in [3.8, 4) is 0 Å². The molecule has 0 bridgehead atoms. The van der Waals surface area contributed by atoms with Gasteiger partial charge in [-0.15, -0.1) is 0 Å². The van der Waals surface area contributed by atoms with Crippen LogP contribution >= 0.6 is 0 Å². The Labute approximate surface area is 102 Å². The molecule has 0 aromatic heterocycles. The molecule has 2 nitrogen and oxygen atoms in total. The molecule has 0 saturated carbocycles. The van der Waals surface area contributed by atoms with Gasteiger partial charge in [0.25, 0.3) is 0 Å². The molecule has 0 spiro atoms. The van der Waals surface area contributed by atoms with Crippen LogP contribution in [0.5, 0.6) is 0 Å². The van der Waals surface area contributed by atoms with Crippen molar-refractivity contribution in [3.63, 3.8) is 0 Å². The normalized spacial score (nSPS) is 21.7. The van der Waals surface area contributed by atoms with Crippen LogP contribution in [0.15, 0.2) is 18.2 Å². The van der Waals surface area contributed by atoms with E-state index in [4.69, 9.17) is 4.74 Å². The second-order valence-corrected chi connectivity index (χ2v) is 4.88. The molecule has 1 saturated heterocycles. The Balaban J connectivity index is 1.86. The molecular weight excluding hydrogens is 217 g/mol. The fraction of sp³-hybridized carbons (Fsp3) is 0.571. The number of rotatable bonds is 4. The van der Waals surface area contributed by atoms with Crippen LogP contribution in [0.3, 0.4) is 0 Å². The Bertz CT molecular complexity index is 374. The van der Waals surface area contributed by atoms with Crippen molar-refractivity contribution in [2.24, 2.45) is 5.92 Å². The number of aryl methyl sites for hydroxylation is 1. The maximum atomic E-state index is 13.4. The predicted molar refractivity (Wildman–Crippen MR) is 66.4 cm³/mol. The quantitative estimate of drug-likeness (QED) is 0.869. The van der Waals surface area contributed by atoms with Gasteiger partial charge in [0.1, 0.15) is 5.82 Å². The minimum Gasteiger partial charge on any atom is -0.381 e. The van der Waals surface area contributed by atoms with Crippen LogP contribution < -0.4 is 5.32 Å². The van der Waals surface area contributed by atoms with Crippen LogP contribution in [-0.4, -0.2) is 19.3 Å². The van der Waals surface area contributed by atoms with E-state index in [9.17, 15) is 4.39 Å². The zero-order chi connectivity index (χ0) is 12.3. The lowest BCUT2D eigenvalue weighted by Gasteiger charge is -2.19. The van der Waals surface area contributed by atoms with Gasteiger partial charge in [-0.2, -0.15) is 0 Å². The highest BCUT2D eigenvalue weighted by molar-refractivity contribution is 5.23. The highest BCUT2D eigenvalue weighted by atomic mass is 19.1. The lowest BCUT2D eigenvalue weighted by atomic mass is 10.0. The molecule has 0 radical (unpaired) electrons. The van der Waals surface area contributed by atoms with Crippen LogP contribution in [0.4, 0.5) is 4.39 Å². The highest BCUT2D eigenvalue weighted by Crippen LogP contribution is 2.17. The van der Waals surface area contributed by atoms with Crippen molar-refractivity contribution < 1.29 is 9.13 Å². The maximum absolute atomic E-state index is 13.4. The average molecular weight is 237 g/mol. The second-order valence-electron chi connectivity index (χ2n) is 4.88. The molecule has 2 atom stereocenters. The summed E-state index contributed by atoms with van der Waals surface area (Å²) in [5, 5.41) is 3.44. The summed E-state index contributed by atoms with van der Waals surface area (Å²) in [7, 11) is 0. The summed E-state index contributed by atoms with van der Waals surface area (Å²) >= 11 is 0. The summed E-state index contributed by atoms with van der Waals surface area (Å²) in [6.07, 6.45) is 1.12. The number of halogens is 1. The van der Waals surface area contributed by atoms with Gasteiger partial charge in [-0.3, -0.25) is 0 Å². The first-order chi connectivity index (χ1) is 8.16. The molecule has 1 heterocycles. The molecule has 0 amide bonds. The molecule has 1 N–H and O–H groups in total. The van der Waals surface area contributed by atoms with Crippen LogP contribution in [0.25, 0.3) is 0 Å². The van der Waals surface area contributed by atoms with E-state index >= 15 is 0 Å². The van der Waals surface area contributed by atoms with Gasteiger partial charge in [-0.1, -0.05) is 12.1 Å². The molecule has 1 aromatic carbocycles. The lowest BCUT2D eigenvalue weighted by Crippen LogP contribution is -2.33. The Morgan fingerprint density at radius 1 is 1.53 bits per heavy atom. The first-order valence-electron chi connectivity index (χ1n) is 6.23. The maximum Gasteiger partial charge on any atom is 0.126 e. The molecule has 1 aliphatic rings. The van der Waals surface area contributed by atoms with E-state index < -0.39 is 0 Å². The molecule has 94 valence electrons. The number of benzene rings is 1. The van der Waals surface area contributed by atoms with Crippen molar-refractivity contribution in [2.45, 2.75) is 32.9 Å². The number of nitrogens with one attached hydrogen (secondary N) is 1. The minimum atomic E-state index is -0.124. The molecular formula is C14H20FNO. The Morgan fingerprint density at radius 3 is 3.00 bits per heavy atom. The summed E-state index contributed by atoms with van der Waals surface area (Å²) < 4.78 is 18.7. The smallest absolute Gasteiger partial charge is 0.126 e. The standard InChI is InChI=1S/C14H20FNO/c1-10-3-4-12(7-14(10)15)8-16-11(2)13-5-6-17-9-13/h3-4,7,11,13,16H,5-6,8-9H2,1-2H3. The van der Waals surface area contributed by atoms with Crippen LogP contribution in [0.1, 0.15) is 24.5 Å². The fourth-order valence-electron chi connectivity index (χ4n) is 2.14. The van der Waals surface area contributed by atoms with Crippen LogP contribution in [-0.2, 0) is 11.3 Å². The van der Waals surface area contributed by atoms with Crippen LogP contribution in [0, 0.1) is 18.7 Å². The van der Waals surface area contributed by atoms with Crippen LogP contribution in [0.2, 0.25) is 0 Å². The Morgan fingerprint density at radius 2 is 2.35 bits per heavy atom. The molecule has 2 rings (SSSR count). The predicted octanol–water partition coefficient (Wildman–Crippen LogP) is 2.65. The van der Waals surface area contributed by atoms with E-state index in [-0.39, 0.29) is 5.82 Å². The molecule has 17 heavy (non-hydrogen) atoms. The largest absolute Gasteiger partial charge is 0.381 e. The third kappa shape index (κ3) is 3.27. The first kappa shape index (κ1) is 12.5. The van der Waals surface area contributed by atoms with Crippen molar-refractivity contribution in [3.05, 3.63) is 35.1 Å². The highest BCUT2D eigenvalue weighted by Gasteiger charge is 2.21. The first-order valence-corrected chi connectivity index (χ1v) is 6.23. The summed E-state index contributed by atoms with van der Waals surface area (Å²) in [5.74, 6) is 0.464. The molecule has 2 unspecified atom stereocenters. The summed E-state index contributed by atoms with van der Waals surface area (Å²) in [6, 6.07) is 5.83. The minimum absolute atomic E-state index is 0.124. The SMILES string of the molecule is Cc1ccc(CNC(C)C2CCOC2)cc1F. The number of hydrogen-bond acceptors (Lipinski definition) is 2. The van der Waals surface area contributed by atoms with E-state index in [0.717, 1.165) is 31.7 Å². The van der Waals surface area contributed by atoms with Crippen molar-refractivity contribution in [1.82, 2.24) is 5.32 Å². The van der Waals surface area contributed by atoms with Crippen molar-refractivity contribution in [2.75, 3.05) is 13.2 Å². The van der Waals surface area contributed by atoms with Gasteiger partial charge in [0, 0.05) is 19.2 Å². The van der Waals surface area contributed by atoms with Gasteiger partial charge >= 0.3 is 0 Å². The third-order valence-electron chi connectivity index (χ3n) is 3.54. The van der Waals surface area contributed by atoms with Crippen molar-refractivity contribution >= 4 is 0 Å². The van der Waals surface area contributed by atoms with Gasteiger partial charge in [-0.25, -0.2) is 4.39 Å². The van der Waals surface area contributed by atoms with E-state index in [2.05, 4.69) is 12.2 Å². The fourth-order valence-corrected chi connectivity index (χ4v) is 2.14. The monoisotopic (exact) mass is 237 g/mol. The van der Waals surface area contributed by atoms with E-state index in [1.807, 2.05) is 12.1 Å². The van der Waals surface area contributed by atoms with E-state index in [1.54, 1.807) is 13.0 Å². The van der Waals surface area contributed by atoms with Gasteiger partial charge in [-0.05, 0) is 43.4 Å². The summed E-state index contributed by atoms with van der Waals surface area (Å²) in [4.78, 5) is 0. The number of ether oxygens (including phenoxy) is 1. The average Bonchev–Trinajstić information content (AvgIpc) is 2.84. The Kier molecular flexibility index (Phi) is 4.13. The van der Waals surface area contributed by atoms with Gasteiger partial charge < -0.3 is 10.1 Å². The molecule has 1 aromatic rings. The van der Waals surface area contributed by atoms with Gasteiger partial charge in [0.2, 0.25) is 0 Å². The summed E-state index contributed by atoms with van der Waals surface area (Å²) in [5.41, 5.74) is 1.70. The van der Waals surface area contributed by atoms with Crippen molar-refractivity contribution in [1.29, 1.82) is 0 Å². The van der Waals surface area contributed by atoms with Gasteiger partial charge in [0.05, 0.1) is 6.61 Å². The third-order valence-corrected chi connectivity index (χ3v) is 3.54.